The quantitative estimate of drug-likeness (QED) is 0.845. The summed E-state index contributed by atoms with van der Waals surface area (Å²) in [5.41, 5.74) is -0.629. The summed E-state index contributed by atoms with van der Waals surface area (Å²) in [6.45, 7) is 7.90. The number of carbonyl (C=O) groups excluding carboxylic acids is 1. The molecule has 0 bridgehead atoms. The maximum absolute atomic E-state index is 12.0. The average Bonchev–Trinajstić information content (AvgIpc) is 2.38. The number of amides is 1. The van der Waals surface area contributed by atoms with Gasteiger partial charge in [-0.15, -0.1) is 0 Å². The lowest BCUT2D eigenvalue weighted by atomic mass is 9.92. The van der Waals surface area contributed by atoms with Gasteiger partial charge in [-0.3, -0.25) is 4.79 Å². The predicted octanol–water partition coefficient (Wildman–Crippen LogP) is 2.27. The first-order valence-electron chi connectivity index (χ1n) is 6.56. The highest BCUT2D eigenvalue weighted by atomic mass is 35.5. The number of rotatable bonds is 6. The number of pyridine rings is 1. The molecule has 1 aromatic rings. The standard InChI is InChI=1S/C14H21ClN2O3/c1-5-20-13-11(15)6-10(7-16-13)12(18)17-8-14(4,19)9(2)3/h6-7,9,19H,5,8H2,1-4H3,(H,17,18)/t14-/m0/s1. The van der Waals surface area contributed by atoms with Crippen LogP contribution in [0.5, 0.6) is 5.88 Å². The largest absolute Gasteiger partial charge is 0.477 e. The van der Waals surface area contributed by atoms with Crippen molar-refractivity contribution in [3.8, 4) is 5.88 Å². The van der Waals surface area contributed by atoms with Gasteiger partial charge in [0.25, 0.3) is 5.91 Å². The highest BCUT2D eigenvalue weighted by Gasteiger charge is 2.25. The molecule has 0 aliphatic rings. The molecule has 112 valence electrons. The molecule has 1 atom stereocenters. The second-order valence-electron chi connectivity index (χ2n) is 5.14. The summed E-state index contributed by atoms with van der Waals surface area (Å²) in [4.78, 5) is 16.0. The summed E-state index contributed by atoms with van der Waals surface area (Å²) in [6, 6.07) is 1.50. The Kier molecular flexibility index (Phi) is 5.77. The number of hydrogen-bond acceptors (Lipinski definition) is 4. The minimum Gasteiger partial charge on any atom is -0.477 e. The summed E-state index contributed by atoms with van der Waals surface area (Å²) in [7, 11) is 0. The van der Waals surface area contributed by atoms with Crippen molar-refractivity contribution in [2.45, 2.75) is 33.3 Å². The minimum atomic E-state index is -0.960. The zero-order valence-corrected chi connectivity index (χ0v) is 13.0. The first-order chi connectivity index (χ1) is 9.27. The molecule has 1 amide bonds. The number of carbonyl (C=O) groups is 1. The number of ether oxygens (including phenoxy) is 1. The van der Waals surface area contributed by atoms with E-state index in [1.165, 1.54) is 12.3 Å². The van der Waals surface area contributed by atoms with Gasteiger partial charge in [-0.05, 0) is 25.8 Å². The number of nitrogens with zero attached hydrogens (tertiary/aromatic N) is 1. The Labute approximate surface area is 124 Å². The van der Waals surface area contributed by atoms with Gasteiger partial charge in [0.2, 0.25) is 5.88 Å². The van der Waals surface area contributed by atoms with Crippen molar-refractivity contribution in [1.82, 2.24) is 10.3 Å². The highest BCUT2D eigenvalue weighted by molar-refractivity contribution is 6.32. The molecular weight excluding hydrogens is 280 g/mol. The van der Waals surface area contributed by atoms with Crippen LogP contribution in [-0.2, 0) is 0 Å². The summed E-state index contributed by atoms with van der Waals surface area (Å²) in [5, 5.41) is 13.0. The Morgan fingerprint density at radius 1 is 1.60 bits per heavy atom. The number of halogens is 1. The number of nitrogens with one attached hydrogen (secondary N) is 1. The van der Waals surface area contributed by atoms with Gasteiger partial charge in [0.15, 0.2) is 0 Å². The van der Waals surface area contributed by atoms with Gasteiger partial charge in [-0.1, -0.05) is 25.4 Å². The van der Waals surface area contributed by atoms with E-state index in [9.17, 15) is 9.90 Å². The normalized spacial score (nSPS) is 13.9. The topological polar surface area (TPSA) is 71.5 Å². The molecule has 0 saturated heterocycles. The molecule has 0 aliphatic carbocycles. The van der Waals surface area contributed by atoms with E-state index in [4.69, 9.17) is 16.3 Å². The van der Waals surface area contributed by atoms with E-state index >= 15 is 0 Å². The zero-order valence-electron chi connectivity index (χ0n) is 12.2. The Bertz CT molecular complexity index is 475. The summed E-state index contributed by atoms with van der Waals surface area (Å²) in [5.74, 6) is 0.00751. The highest BCUT2D eigenvalue weighted by Crippen LogP contribution is 2.22. The van der Waals surface area contributed by atoms with E-state index in [0.717, 1.165) is 0 Å². The second-order valence-corrected chi connectivity index (χ2v) is 5.55. The van der Waals surface area contributed by atoms with Crippen molar-refractivity contribution in [3.63, 3.8) is 0 Å². The zero-order chi connectivity index (χ0) is 15.3. The van der Waals surface area contributed by atoms with Gasteiger partial charge < -0.3 is 15.2 Å². The molecule has 0 spiro atoms. The Hall–Kier alpha value is -1.33. The molecule has 1 rings (SSSR count). The van der Waals surface area contributed by atoms with Crippen LogP contribution < -0.4 is 10.1 Å². The smallest absolute Gasteiger partial charge is 0.253 e. The number of aliphatic hydroxyl groups is 1. The second kappa shape index (κ2) is 6.90. The average molecular weight is 301 g/mol. The maximum atomic E-state index is 12.0. The van der Waals surface area contributed by atoms with Crippen LogP contribution >= 0.6 is 11.6 Å². The Morgan fingerprint density at radius 3 is 2.75 bits per heavy atom. The van der Waals surface area contributed by atoms with Gasteiger partial charge in [-0.25, -0.2) is 4.98 Å². The van der Waals surface area contributed by atoms with Gasteiger partial charge in [0, 0.05) is 12.7 Å². The SMILES string of the molecule is CCOc1ncc(C(=O)NC[C@](C)(O)C(C)C)cc1Cl. The summed E-state index contributed by atoms with van der Waals surface area (Å²) < 4.78 is 5.20. The van der Waals surface area contributed by atoms with E-state index in [0.29, 0.717) is 18.1 Å². The molecule has 1 aromatic heterocycles. The van der Waals surface area contributed by atoms with Crippen molar-refractivity contribution < 1.29 is 14.6 Å². The molecule has 2 N–H and O–H groups in total. The lowest BCUT2D eigenvalue weighted by Crippen LogP contribution is -2.44. The van der Waals surface area contributed by atoms with Gasteiger partial charge in [0.1, 0.15) is 5.02 Å². The lowest BCUT2D eigenvalue weighted by Gasteiger charge is -2.27. The Morgan fingerprint density at radius 2 is 2.25 bits per heavy atom. The van der Waals surface area contributed by atoms with Crippen molar-refractivity contribution in [2.24, 2.45) is 5.92 Å². The summed E-state index contributed by atoms with van der Waals surface area (Å²) in [6.07, 6.45) is 1.40. The third kappa shape index (κ3) is 4.35. The molecule has 0 aromatic carbocycles. The van der Waals surface area contributed by atoms with E-state index < -0.39 is 5.60 Å². The third-order valence-electron chi connectivity index (χ3n) is 3.20. The van der Waals surface area contributed by atoms with Crippen molar-refractivity contribution in [3.05, 3.63) is 22.8 Å². The van der Waals surface area contributed by atoms with Gasteiger partial charge in [0.05, 0.1) is 17.8 Å². The fourth-order valence-corrected chi connectivity index (χ4v) is 1.58. The first kappa shape index (κ1) is 16.7. The molecule has 0 fully saturated rings. The van der Waals surface area contributed by atoms with Gasteiger partial charge >= 0.3 is 0 Å². The van der Waals surface area contributed by atoms with E-state index in [-0.39, 0.29) is 23.4 Å². The molecule has 1 heterocycles. The lowest BCUT2D eigenvalue weighted by molar-refractivity contribution is 0.0142. The Balaban J connectivity index is 2.71. The van der Waals surface area contributed by atoms with Crippen molar-refractivity contribution in [2.75, 3.05) is 13.2 Å². The molecular formula is C14H21ClN2O3. The van der Waals surface area contributed by atoms with Crippen LogP contribution in [-0.4, -0.2) is 34.8 Å². The monoisotopic (exact) mass is 300 g/mol. The molecule has 0 unspecified atom stereocenters. The molecule has 20 heavy (non-hydrogen) atoms. The van der Waals surface area contributed by atoms with Crippen LogP contribution in [0.4, 0.5) is 0 Å². The van der Waals surface area contributed by atoms with Crippen LogP contribution in [0.25, 0.3) is 0 Å². The van der Waals surface area contributed by atoms with Crippen LogP contribution in [0.15, 0.2) is 12.3 Å². The molecule has 5 nitrogen and oxygen atoms in total. The van der Waals surface area contributed by atoms with Crippen LogP contribution in [0, 0.1) is 5.92 Å². The third-order valence-corrected chi connectivity index (χ3v) is 3.47. The van der Waals surface area contributed by atoms with E-state index in [1.807, 2.05) is 20.8 Å². The fourth-order valence-electron chi connectivity index (χ4n) is 1.36. The van der Waals surface area contributed by atoms with Crippen molar-refractivity contribution >= 4 is 17.5 Å². The van der Waals surface area contributed by atoms with E-state index in [2.05, 4.69) is 10.3 Å². The molecule has 6 heteroatoms. The minimum absolute atomic E-state index is 0.0323. The number of hydrogen-bond donors (Lipinski definition) is 2. The fraction of sp³-hybridized carbons (Fsp3) is 0.571. The molecule has 0 aliphatic heterocycles. The number of aromatic nitrogens is 1. The van der Waals surface area contributed by atoms with Gasteiger partial charge in [-0.2, -0.15) is 0 Å². The van der Waals surface area contributed by atoms with Crippen LogP contribution in [0.3, 0.4) is 0 Å². The first-order valence-corrected chi connectivity index (χ1v) is 6.94. The molecule has 0 radical (unpaired) electrons. The summed E-state index contributed by atoms with van der Waals surface area (Å²) >= 11 is 5.98. The molecule has 0 saturated carbocycles. The maximum Gasteiger partial charge on any atom is 0.253 e. The van der Waals surface area contributed by atoms with E-state index in [1.54, 1.807) is 6.92 Å². The van der Waals surface area contributed by atoms with Crippen LogP contribution in [0.1, 0.15) is 38.1 Å². The van der Waals surface area contributed by atoms with Crippen molar-refractivity contribution in [1.29, 1.82) is 0 Å². The van der Waals surface area contributed by atoms with Crippen LogP contribution in [0.2, 0.25) is 5.02 Å². The predicted molar refractivity (Wildman–Crippen MR) is 78.2 cm³/mol.